The largest absolute Gasteiger partial charge is 0.354 e. The van der Waals surface area contributed by atoms with E-state index >= 15 is 0 Å². The van der Waals surface area contributed by atoms with Crippen LogP contribution in [0.4, 0.5) is 19.0 Å². The Bertz CT molecular complexity index is 707. The number of hydrogen-bond donors (Lipinski definition) is 0. The summed E-state index contributed by atoms with van der Waals surface area (Å²) in [4.78, 5) is 15.6. The molecule has 2 aliphatic heterocycles. The third-order valence-electron chi connectivity index (χ3n) is 6.24. The first-order chi connectivity index (χ1) is 12.2. The van der Waals surface area contributed by atoms with Gasteiger partial charge in [0.2, 0.25) is 0 Å². The summed E-state index contributed by atoms with van der Waals surface area (Å²) in [5, 5.41) is 8.09. The zero-order valence-corrected chi connectivity index (χ0v) is 14.8. The van der Waals surface area contributed by atoms with Crippen LogP contribution >= 0.6 is 0 Å². The van der Waals surface area contributed by atoms with E-state index in [2.05, 4.69) is 10.2 Å². The van der Waals surface area contributed by atoms with Crippen LogP contribution < -0.4 is 4.90 Å². The van der Waals surface area contributed by atoms with Gasteiger partial charge in [-0.2, -0.15) is 5.10 Å². The highest BCUT2D eigenvalue weighted by atomic mass is 19.3. The van der Waals surface area contributed by atoms with Crippen LogP contribution in [0.2, 0.25) is 0 Å². The maximum absolute atomic E-state index is 14.9. The number of hydrogen-bond acceptors (Lipinski definition) is 4. The molecule has 1 aromatic heterocycles. The number of anilines is 1. The molecule has 26 heavy (non-hydrogen) atoms. The Morgan fingerprint density at radius 3 is 2.42 bits per heavy atom. The van der Waals surface area contributed by atoms with Gasteiger partial charge in [-0.3, -0.25) is 4.79 Å². The molecule has 4 rings (SSSR count). The van der Waals surface area contributed by atoms with Crippen LogP contribution in [0.15, 0.2) is 12.1 Å². The number of likely N-dealkylation sites (tertiary alicyclic amines) is 1. The van der Waals surface area contributed by atoms with Crippen LogP contribution in [0, 0.1) is 12.3 Å². The van der Waals surface area contributed by atoms with Crippen LogP contribution in [0.1, 0.15) is 37.8 Å². The number of halogens is 3. The van der Waals surface area contributed by atoms with Crippen LogP contribution in [-0.4, -0.2) is 58.8 Å². The van der Waals surface area contributed by atoms with E-state index in [1.165, 1.54) is 4.90 Å². The first-order valence-corrected chi connectivity index (χ1v) is 9.16. The van der Waals surface area contributed by atoms with Gasteiger partial charge in [-0.25, -0.2) is 13.2 Å². The van der Waals surface area contributed by atoms with Crippen molar-refractivity contribution in [2.45, 2.75) is 50.6 Å². The van der Waals surface area contributed by atoms with Crippen LogP contribution in [0.25, 0.3) is 0 Å². The molecule has 3 aliphatic rings. The van der Waals surface area contributed by atoms with Gasteiger partial charge in [-0.05, 0) is 44.7 Å². The van der Waals surface area contributed by atoms with Gasteiger partial charge in [-0.15, -0.1) is 5.10 Å². The highest BCUT2D eigenvalue weighted by Crippen LogP contribution is 2.51. The fraction of sp³-hybridized carbons (Fsp3) is 0.722. The lowest BCUT2D eigenvalue weighted by molar-refractivity contribution is -0.179. The fourth-order valence-corrected chi connectivity index (χ4v) is 4.31. The molecule has 2 saturated heterocycles. The van der Waals surface area contributed by atoms with Gasteiger partial charge in [0.05, 0.1) is 11.1 Å². The summed E-state index contributed by atoms with van der Waals surface area (Å²) in [6, 6.07) is 3.57. The summed E-state index contributed by atoms with van der Waals surface area (Å²) < 4.78 is 44.2. The number of amides is 1. The van der Waals surface area contributed by atoms with Gasteiger partial charge in [0.15, 0.2) is 11.5 Å². The SMILES string of the molecule is Cc1ccc(N2CCC3(CN(C(=O)C4(F)CCC4)CCC3(F)F)C2)nn1. The normalized spacial score (nSPS) is 29.7. The van der Waals surface area contributed by atoms with E-state index in [1.807, 2.05) is 6.92 Å². The number of carbonyl (C=O) groups is 1. The topological polar surface area (TPSA) is 49.3 Å². The summed E-state index contributed by atoms with van der Waals surface area (Å²) in [7, 11) is 0. The van der Waals surface area contributed by atoms with Gasteiger partial charge in [0.1, 0.15) is 0 Å². The smallest absolute Gasteiger partial charge is 0.260 e. The van der Waals surface area contributed by atoms with E-state index in [9.17, 15) is 18.0 Å². The first kappa shape index (κ1) is 17.5. The van der Waals surface area contributed by atoms with Gasteiger partial charge in [0.25, 0.3) is 11.8 Å². The summed E-state index contributed by atoms with van der Waals surface area (Å²) in [5.41, 5.74) is -2.43. The highest BCUT2D eigenvalue weighted by Gasteiger charge is 2.61. The Balaban J connectivity index is 1.55. The number of rotatable bonds is 2. The third kappa shape index (κ3) is 2.65. The van der Waals surface area contributed by atoms with E-state index in [0.717, 1.165) is 5.69 Å². The van der Waals surface area contributed by atoms with Crippen molar-refractivity contribution >= 4 is 11.7 Å². The number of aromatic nitrogens is 2. The van der Waals surface area contributed by atoms with Crippen LogP contribution in [-0.2, 0) is 4.79 Å². The van der Waals surface area contributed by atoms with Crippen LogP contribution in [0.3, 0.4) is 0 Å². The highest BCUT2D eigenvalue weighted by molar-refractivity contribution is 5.86. The van der Waals surface area contributed by atoms with Gasteiger partial charge in [0, 0.05) is 32.6 Å². The van der Waals surface area contributed by atoms with Crippen molar-refractivity contribution in [3.8, 4) is 0 Å². The lowest BCUT2D eigenvalue weighted by Gasteiger charge is -2.48. The van der Waals surface area contributed by atoms with Crippen molar-refractivity contribution in [1.82, 2.24) is 15.1 Å². The molecule has 3 fully saturated rings. The molecule has 0 bridgehead atoms. The maximum atomic E-state index is 14.9. The average molecular weight is 368 g/mol. The predicted octanol–water partition coefficient (Wildman–Crippen LogP) is 2.74. The maximum Gasteiger partial charge on any atom is 0.260 e. The minimum absolute atomic E-state index is 0.0798. The van der Waals surface area contributed by atoms with Crippen molar-refractivity contribution in [1.29, 1.82) is 0 Å². The number of aryl methyl sites for hydroxylation is 1. The van der Waals surface area contributed by atoms with E-state index in [4.69, 9.17) is 0 Å². The Morgan fingerprint density at radius 1 is 1.04 bits per heavy atom. The van der Waals surface area contributed by atoms with Gasteiger partial charge >= 0.3 is 0 Å². The molecule has 1 spiro atoms. The summed E-state index contributed by atoms with van der Waals surface area (Å²) >= 11 is 0. The first-order valence-electron chi connectivity index (χ1n) is 9.16. The van der Waals surface area contributed by atoms with Gasteiger partial charge in [-0.1, -0.05) is 0 Å². The molecule has 3 heterocycles. The average Bonchev–Trinajstić information content (AvgIpc) is 3.01. The molecule has 1 saturated carbocycles. The van der Waals surface area contributed by atoms with Crippen LogP contribution in [0.5, 0.6) is 0 Å². The zero-order chi connectivity index (χ0) is 18.6. The lowest BCUT2D eigenvalue weighted by Crippen LogP contribution is -2.61. The van der Waals surface area contributed by atoms with Crippen molar-refractivity contribution in [2.75, 3.05) is 31.1 Å². The Hall–Kier alpha value is -1.86. The molecular formula is C18H23F3N4O. The van der Waals surface area contributed by atoms with Crippen molar-refractivity contribution in [2.24, 2.45) is 5.41 Å². The molecule has 8 heteroatoms. The van der Waals surface area contributed by atoms with E-state index in [0.29, 0.717) is 18.8 Å². The molecule has 5 nitrogen and oxygen atoms in total. The molecule has 1 unspecified atom stereocenters. The summed E-state index contributed by atoms with van der Waals surface area (Å²) in [6.45, 7) is 2.16. The molecule has 142 valence electrons. The number of piperidine rings is 1. The predicted molar refractivity (Wildman–Crippen MR) is 89.9 cm³/mol. The molecule has 1 aliphatic carbocycles. The standard InChI is InChI=1S/C18H23F3N4O/c1-13-3-4-14(23-22-13)24-9-7-16(11-24)12-25(10-8-18(16,20)21)15(26)17(19)5-2-6-17/h3-4H,2,5-12H2,1H3. The molecule has 0 radical (unpaired) electrons. The number of alkyl halides is 3. The monoisotopic (exact) mass is 368 g/mol. The summed E-state index contributed by atoms with van der Waals surface area (Å²) in [6.07, 6.45) is 0.922. The molecular weight excluding hydrogens is 345 g/mol. The van der Waals surface area contributed by atoms with E-state index < -0.39 is 29.3 Å². The lowest BCUT2D eigenvalue weighted by atomic mass is 9.74. The second kappa shape index (κ2) is 5.82. The second-order valence-electron chi connectivity index (χ2n) is 7.98. The Labute approximate surface area is 150 Å². The molecule has 0 aromatic carbocycles. The molecule has 1 aromatic rings. The fourth-order valence-electron chi connectivity index (χ4n) is 4.31. The van der Waals surface area contributed by atoms with Crippen molar-refractivity contribution in [3.05, 3.63) is 17.8 Å². The quantitative estimate of drug-likeness (QED) is 0.806. The minimum Gasteiger partial charge on any atom is -0.354 e. The Kier molecular flexibility index (Phi) is 3.93. The van der Waals surface area contributed by atoms with Crippen molar-refractivity contribution in [3.63, 3.8) is 0 Å². The minimum atomic E-state index is -2.89. The molecule has 1 atom stereocenters. The van der Waals surface area contributed by atoms with E-state index in [-0.39, 0.29) is 38.9 Å². The Morgan fingerprint density at radius 2 is 1.81 bits per heavy atom. The van der Waals surface area contributed by atoms with Crippen molar-refractivity contribution < 1.29 is 18.0 Å². The zero-order valence-electron chi connectivity index (χ0n) is 14.8. The number of carbonyl (C=O) groups excluding carboxylic acids is 1. The molecule has 0 N–H and O–H groups in total. The molecule has 1 amide bonds. The van der Waals surface area contributed by atoms with Gasteiger partial charge < -0.3 is 9.80 Å². The third-order valence-corrected chi connectivity index (χ3v) is 6.24. The second-order valence-corrected chi connectivity index (χ2v) is 7.98. The van der Waals surface area contributed by atoms with E-state index in [1.54, 1.807) is 17.0 Å². The number of nitrogens with zero attached hydrogens (tertiary/aromatic N) is 4. The summed E-state index contributed by atoms with van der Waals surface area (Å²) in [5.74, 6) is -2.93.